The topological polar surface area (TPSA) is 88.5 Å². The molecule has 0 unspecified atom stereocenters. The molecule has 0 fully saturated rings. The van der Waals surface area contributed by atoms with E-state index in [4.69, 9.17) is 0 Å². The zero-order valence-corrected chi connectivity index (χ0v) is 13.8. The van der Waals surface area contributed by atoms with E-state index in [9.17, 15) is 4.79 Å². The van der Waals surface area contributed by atoms with Crippen LogP contribution in [0.15, 0.2) is 53.6 Å². The van der Waals surface area contributed by atoms with Crippen molar-refractivity contribution < 1.29 is 0 Å². The Morgan fingerprint density at radius 1 is 1.04 bits per heavy atom. The van der Waals surface area contributed by atoms with Gasteiger partial charge in [0.05, 0.1) is 17.4 Å². The molecule has 3 aromatic heterocycles. The predicted molar refractivity (Wildman–Crippen MR) is 97.3 cm³/mol. The highest BCUT2D eigenvalue weighted by Crippen LogP contribution is 2.33. The van der Waals surface area contributed by atoms with Crippen molar-refractivity contribution in [3.8, 4) is 22.4 Å². The first-order valence-corrected chi connectivity index (χ1v) is 7.82. The smallest absolute Gasteiger partial charge is 0.250 e. The summed E-state index contributed by atoms with van der Waals surface area (Å²) in [5.74, 6) is 0.714. The Balaban J connectivity index is 1.88. The van der Waals surface area contributed by atoms with Crippen LogP contribution in [-0.2, 0) is 7.05 Å². The van der Waals surface area contributed by atoms with E-state index in [1.54, 1.807) is 30.9 Å². The monoisotopic (exact) mass is 332 g/mol. The number of aromatic nitrogens is 5. The molecule has 0 aliphatic heterocycles. The van der Waals surface area contributed by atoms with E-state index in [0.29, 0.717) is 5.82 Å². The fourth-order valence-corrected chi connectivity index (χ4v) is 2.86. The Hall–Kier alpha value is -3.48. The number of H-pyrrole nitrogens is 1. The third kappa shape index (κ3) is 2.55. The number of nitrogens with zero attached hydrogens (tertiary/aromatic N) is 4. The Labute approximate surface area is 143 Å². The summed E-state index contributed by atoms with van der Waals surface area (Å²) in [6.45, 7) is 0. The average molecular weight is 332 g/mol. The Morgan fingerprint density at radius 2 is 1.88 bits per heavy atom. The number of rotatable bonds is 3. The van der Waals surface area contributed by atoms with Crippen molar-refractivity contribution in [1.29, 1.82) is 0 Å². The number of hydrogen-bond acceptors (Lipinski definition) is 5. The number of anilines is 1. The second-order valence-electron chi connectivity index (χ2n) is 5.74. The van der Waals surface area contributed by atoms with Crippen molar-refractivity contribution >= 4 is 16.7 Å². The van der Waals surface area contributed by atoms with Gasteiger partial charge in [0.1, 0.15) is 5.82 Å². The van der Waals surface area contributed by atoms with Crippen molar-refractivity contribution in [2.45, 2.75) is 0 Å². The number of aryl methyl sites for hydroxylation is 1. The lowest BCUT2D eigenvalue weighted by Crippen LogP contribution is -2.13. The van der Waals surface area contributed by atoms with Gasteiger partial charge in [-0.3, -0.25) is 9.89 Å². The maximum atomic E-state index is 11.6. The minimum Gasteiger partial charge on any atom is -0.372 e. The fourth-order valence-electron chi connectivity index (χ4n) is 2.86. The van der Waals surface area contributed by atoms with Gasteiger partial charge in [0.2, 0.25) is 5.56 Å². The van der Waals surface area contributed by atoms with Crippen LogP contribution in [0.2, 0.25) is 0 Å². The van der Waals surface area contributed by atoms with Crippen LogP contribution in [0, 0.1) is 0 Å². The molecule has 3 heterocycles. The van der Waals surface area contributed by atoms with E-state index in [1.165, 1.54) is 0 Å². The van der Waals surface area contributed by atoms with E-state index in [0.717, 1.165) is 33.3 Å². The zero-order valence-electron chi connectivity index (χ0n) is 13.8. The lowest BCUT2D eigenvalue weighted by molar-refractivity contribution is 0.862. The normalized spacial score (nSPS) is 11.0. The molecule has 1 aromatic carbocycles. The summed E-state index contributed by atoms with van der Waals surface area (Å²) in [4.78, 5) is 11.6. The zero-order chi connectivity index (χ0) is 17.4. The molecular formula is C18H16N6O. The van der Waals surface area contributed by atoms with Gasteiger partial charge >= 0.3 is 0 Å². The van der Waals surface area contributed by atoms with Gasteiger partial charge in [-0.1, -0.05) is 6.07 Å². The maximum absolute atomic E-state index is 11.6. The first-order chi connectivity index (χ1) is 12.2. The Kier molecular flexibility index (Phi) is 3.53. The first kappa shape index (κ1) is 15.1. The number of nitrogens with one attached hydrogen (secondary N) is 2. The summed E-state index contributed by atoms with van der Waals surface area (Å²) >= 11 is 0. The molecule has 0 saturated carbocycles. The van der Waals surface area contributed by atoms with Crippen LogP contribution in [0.1, 0.15) is 0 Å². The first-order valence-electron chi connectivity index (χ1n) is 7.82. The number of hydrogen-bond donors (Lipinski definition) is 2. The van der Waals surface area contributed by atoms with Gasteiger partial charge in [0, 0.05) is 37.3 Å². The second-order valence-corrected chi connectivity index (χ2v) is 5.74. The number of pyridine rings is 1. The number of fused-ring (bicyclic) bond motifs is 1. The van der Waals surface area contributed by atoms with Gasteiger partial charge in [-0.25, -0.2) is 0 Å². The molecule has 0 atom stereocenters. The molecule has 0 spiro atoms. The Bertz CT molecular complexity index is 1110. The minimum absolute atomic E-state index is 0.0382. The van der Waals surface area contributed by atoms with Crippen LogP contribution in [0.4, 0.5) is 5.82 Å². The van der Waals surface area contributed by atoms with Crippen LogP contribution < -0.4 is 10.9 Å². The summed E-state index contributed by atoms with van der Waals surface area (Å²) < 4.78 is 1.57. The van der Waals surface area contributed by atoms with Gasteiger partial charge in [-0.2, -0.15) is 5.10 Å². The SMILES string of the molecule is CNc1ccc(-c2ccc(-c3ccc(=O)n(C)c3)c3cn[nH]c23)nn1. The highest BCUT2D eigenvalue weighted by Gasteiger charge is 2.13. The maximum Gasteiger partial charge on any atom is 0.250 e. The van der Waals surface area contributed by atoms with Crippen molar-refractivity contribution in [2.75, 3.05) is 12.4 Å². The summed E-state index contributed by atoms with van der Waals surface area (Å²) in [6, 6.07) is 11.2. The van der Waals surface area contributed by atoms with Crippen LogP contribution >= 0.6 is 0 Å². The van der Waals surface area contributed by atoms with Crippen molar-refractivity contribution in [2.24, 2.45) is 7.05 Å². The molecule has 0 aliphatic rings. The van der Waals surface area contributed by atoms with E-state index in [2.05, 4.69) is 25.7 Å². The minimum atomic E-state index is -0.0382. The lowest BCUT2D eigenvalue weighted by Gasteiger charge is -2.08. The molecule has 4 rings (SSSR count). The highest BCUT2D eigenvalue weighted by atomic mass is 16.1. The summed E-state index contributed by atoms with van der Waals surface area (Å²) in [7, 11) is 3.55. The fraction of sp³-hybridized carbons (Fsp3) is 0.111. The quantitative estimate of drug-likeness (QED) is 0.601. The van der Waals surface area contributed by atoms with Crippen LogP contribution in [-0.4, -0.2) is 32.0 Å². The molecule has 0 bridgehead atoms. The molecule has 4 aromatic rings. The van der Waals surface area contributed by atoms with Crippen LogP contribution in [0.3, 0.4) is 0 Å². The molecule has 0 aliphatic carbocycles. The van der Waals surface area contributed by atoms with E-state index < -0.39 is 0 Å². The number of aromatic amines is 1. The van der Waals surface area contributed by atoms with Gasteiger partial charge in [-0.05, 0) is 35.4 Å². The third-order valence-electron chi connectivity index (χ3n) is 4.21. The second kappa shape index (κ2) is 5.86. The third-order valence-corrected chi connectivity index (χ3v) is 4.21. The molecule has 25 heavy (non-hydrogen) atoms. The molecule has 0 amide bonds. The molecule has 2 N–H and O–H groups in total. The molecule has 124 valence electrons. The standard InChI is InChI=1S/C18H16N6O/c1-19-16-7-6-15(21-22-16)13-5-4-12(14-9-20-23-18(13)14)11-3-8-17(25)24(2)10-11/h3-10H,1-2H3,(H,19,22)(H,20,23). The van der Waals surface area contributed by atoms with Crippen molar-refractivity contribution in [1.82, 2.24) is 25.0 Å². The van der Waals surface area contributed by atoms with Crippen LogP contribution in [0.5, 0.6) is 0 Å². The van der Waals surface area contributed by atoms with Crippen LogP contribution in [0.25, 0.3) is 33.3 Å². The summed E-state index contributed by atoms with van der Waals surface area (Å²) in [5, 5.41) is 19.6. The molecule has 0 saturated heterocycles. The van der Waals surface area contributed by atoms with Crippen molar-refractivity contribution in [3.05, 3.63) is 59.1 Å². The van der Waals surface area contributed by atoms with E-state index >= 15 is 0 Å². The summed E-state index contributed by atoms with van der Waals surface area (Å²) in [5.41, 5.74) is 4.50. The Morgan fingerprint density at radius 3 is 2.60 bits per heavy atom. The summed E-state index contributed by atoms with van der Waals surface area (Å²) in [6.07, 6.45) is 3.61. The molecule has 0 radical (unpaired) electrons. The van der Waals surface area contributed by atoms with Gasteiger partial charge in [-0.15, -0.1) is 10.2 Å². The van der Waals surface area contributed by atoms with E-state index in [-0.39, 0.29) is 5.56 Å². The molecule has 7 nitrogen and oxygen atoms in total. The highest BCUT2D eigenvalue weighted by molar-refractivity contribution is 6.01. The average Bonchev–Trinajstić information content (AvgIpc) is 3.13. The van der Waals surface area contributed by atoms with Gasteiger partial charge in [0.25, 0.3) is 0 Å². The van der Waals surface area contributed by atoms with E-state index in [1.807, 2.05) is 36.5 Å². The molecule has 7 heteroatoms. The van der Waals surface area contributed by atoms with Gasteiger partial charge < -0.3 is 9.88 Å². The van der Waals surface area contributed by atoms with Gasteiger partial charge in [0.15, 0.2) is 0 Å². The largest absolute Gasteiger partial charge is 0.372 e. The van der Waals surface area contributed by atoms with Crippen molar-refractivity contribution in [3.63, 3.8) is 0 Å². The predicted octanol–water partition coefficient (Wildman–Crippen LogP) is 2.43. The molecular weight excluding hydrogens is 316 g/mol. The number of benzene rings is 1. The lowest BCUT2D eigenvalue weighted by atomic mass is 9.99.